The van der Waals surface area contributed by atoms with E-state index in [0.29, 0.717) is 25.9 Å². The highest BCUT2D eigenvalue weighted by Gasteiger charge is 2.20. The lowest BCUT2D eigenvalue weighted by molar-refractivity contribution is -0.143. The molecule has 0 aliphatic carbocycles. The van der Waals surface area contributed by atoms with Gasteiger partial charge in [0.2, 0.25) is 5.91 Å². The molecule has 2 atom stereocenters. The quantitative estimate of drug-likeness (QED) is 0.0320. The topological polar surface area (TPSA) is 95.9 Å². The average molecular weight is 1030 g/mol. The van der Waals surface area contributed by atoms with E-state index in [1.807, 2.05) is 0 Å². The lowest BCUT2D eigenvalue weighted by Gasteiger charge is -2.22. The van der Waals surface area contributed by atoms with Crippen molar-refractivity contribution in [1.29, 1.82) is 0 Å². The number of esters is 1. The summed E-state index contributed by atoms with van der Waals surface area (Å²) in [5, 5.41) is 23.3. The zero-order valence-corrected chi connectivity index (χ0v) is 49.1. The van der Waals surface area contributed by atoms with E-state index in [4.69, 9.17) is 4.74 Å². The van der Waals surface area contributed by atoms with E-state index in [1.54, 1.807) is 0 Å². The van der Waals surface area contributed by atoms with Crippen LogP contribution in [-0.4, -0.2) is 47.4 Å². The van der Waals surface area contributed by atoms with Gasteiger partial charge in [-0.25, -0.2) is 0 Å². The van der Waals surface area contributed by atoms with Gasteiger partial charge in [0.15, 0.2) is 0 Å². The molecule has 0 aliphatic heterocycles. The van der Waals surface area contributed by atoms with Crippen LogP contribution in [0.2, 0.25) is 0 Å². The van der Waals surface area contributed by atoms with Gasteiger partial charge in [0.25, 0.3) is 0 Å². The van der Waals surface area contributed by atoms with Crippen molar-refractivity contribution >= 4 is 11.9 Å². The Balaban J connectivity index is 3.45. The molecular weight excluding hydrogens is 899 g/mol. The van der Waals surface area contributed by atoms with Crippen molar-refractivity contribution in [1.82, 2.24) is 5.32 Å². The van der Waals surface area contributed by atoms with Crippen LogP contribution >= 0.6 is 0 Å². The van der Waals surface area contributed by atoms with E-state index in [1.165, 1.54) is 263 Å². The third-order valence-electron chi connectivity index (χ3n) is 15.2. The lowest BCUT2D eigenvalue weighted by Crippen LogP contribution is -2.45. The van der Waals surface area contributed by atoms with Crippen LogP contribution in [-0.2, 0) is 14.3 Å². The molecule has 6 heteroatoms. The molecule has 0 fully saturated rings. The van der Waals surface area contributed by atoms with Crippen LogP contribution in [0.15, 0.2) is 36.5 Å². The van der Waals surface area contributed by atoms with Gasteiger partial charge in [0.05, 0.1) is 25.4 Å². The van der Waals surface area contributed by atoms with Crippen LogP contribution in [0.4, 0.5) is 0 Å². The molecule has 1 amide bonds. The van der Waals surface area contributed by atoms with Crippen LogP contribution in [0.1, 0.15) is 354 Å². The number of ether oxygens (including phenoxy) is 1. The summed E-state index contributed by atoms with van der Waals surface area (Å²) in [5.74, 6) is -0.0433. The molecule has 0 radical (unpaired) electrons. The molecule has 73 heavy (non-hydrogen) atoms. The number of unbranched alkanes of at least 4 members (excludes halogenated alkanes) is 44. The minimum absolute atomic E-state index is 0.0000132. The number of nitrogens with one attached hydrogen (secondary N) is 1. The summed E-state index contributed by atoms with van der Waals surface area (Å²) in [4.78, 5) is 24.6. The maximum absolute atomic E-state index is 12.5. The Morgan fingerprint density at radius 2 is 0.685 bits per heavy atom. The monoisotopic (exact) mass is 1030 g/mol. The van der Waals surface area contributed by atoms with Crippen LogP contribution in [0.3, 0.4) is 0 Å². The summed E-state index contributed by atoms with van der Waals surface area (Å²) in [6, 6.07) is -0.550. The Labute approximate surface area is 455 Å². The zero-order valence-electron chi connectivity index (χ0n) is 49.1. The van der Waals surface area contributed by atoms with E-state index >= 15 is 0 Å². The number of rotatable bonds is 61. The molecular formula is C67H127NO5. The Hall–Kier alpha value is -1.92. The first-order valence-electron chi connectivity index (χ1n) is 32.7. The number of amides is 1. The van der Waals surface area contributed by atoms with Gasteiger partial charge in [-0.3, -0.25) is 9.59 Å². The molecule has 0 aliphatic rings. The summed E-state index contributed by atoms with van der Waals surface area (Å²) >= 11 is 0. The van der Waals surface area contributed by atoms with Crippen molar-refractivity contribution in [2.45, 2.75) is 366 Å². The summed E-state index contributed by atoms with van der Waals surface area (Å²) in [6.45, 7) is 4.96. The van der Waals surface area contributed by atoms with Crippen molar-refractivity contribution in [2.75, 3.05) is 13.2 Å². The van der Waals surface area contributed by atoms with Gasteiger partial charge in [-0.15, -0.1) is 0 Å². The Morgan fingerprint density at radius 1 is 0.384 bits per heavy atom. The number of allylic oxidation sites excluding steroid dienone is 6. The molecule has 2 unspecified atom stereocenters. The van der Waals surface area contributed by atoms with Crippen LogP contribution in [0.5, 0.6) is 0 Å². The minimum Gasteiger partial charge on any atom is -0.466 e. The van der Waals surface area contributed by atoms with Gasteiger partial charge in [-0.2, -0.15) is 0 Å². The summed E-state index contributed by atoms with van der Waals surface area (Å²) in [5.41, 5.74) is 0. The minimum atomic E-state index is -0.672. The number of carbonyl (C=O) groups is 2. The highest BCUT2D eigenvalue weighted by molar-refractivity contribution is 5.76. The molecule has 0 spiro atoms. The average Bonchev–Trinajstić information content (AvgIpc) is 3.39. The second kappa shape index (κ2) is 62.6. The largest absolute Gasteiger partial charge is 0.466 e. The fourth-order valence-corrected chi connectivity index (χ4v) is 10.1. The van der Waals surface area contributed by atoms with Gasteiger partial charge in [0.1, 0.15) is 0 Å². The molecule has 6 nitrogen and oxygen atoms in total. The molecule has 0 heterocycles. The molecule has 0 saturated carbocycles. The molecule has 0 saturated heterocycles. The zero-order chi connectivity index (χ0) is 52.9. The molecule has 0 bridgehead atoms. The van der Waals surface area contributed by atoms with E-state index in [2.05, 4.69) is 55.6 Å². The predicted molar refractivity (Wildman–Crippen MR) is 319 cm³/mol. The maximum atomic E-state index is 12.5. The van der Waals surface area contributed by atoms with E-state index in [9.17, 15) is 19.8 Å². The second-order valence-electron chi connectivity index (χ2n) is 22.4. The third kappa shape index (κ3) is 59.2. The molecule has 3 N–H and O–H groups in total. The molecule has 430 valence electrons. The normalized spacial score (nSPS) is 12.8. The first kappa shape index (κ1) is 71.1. The SMILES string of the molecule is CCCCCCCCC/C=C\CCCCCCCC(=O)OCCCCCCCCCCC/C=C\C/C=C\CCCCCCCCCC(=O)NC(CO)C(O)CCCCCCCCCCCCCCCCCCC. The van der Waals surface area contributed by atoms with Crippen LogP contribution in [0, 0.1) is 0 Å². The number of hydrogen-bond acceptors (Lipinski definition) is 5. The van der Waals surface area contributed by atoms with Crippen molar-refractivity contribution in [3.8, 4) is 0 Å². The molecule has 0 aromatic heterocycles. The number of aliphatic hydroxyl groups is 2. The number of carbonyl (C=O) groups excluding carboxylic acids is 2. The predicted octanol–water partition coefficient (Wildman–Crippen LogP) is 20.8. The van der Waals surface area contributed by atoms with E-state index in [0.717, 1.165) is 57.8 Å². The first-order chi connectivity index (χ1) is 36.0. The fourth-order valence-electron chi connectivity index (χ4n) is 10.1. The smallest absolute Gasteiger partial charge is 0.305 e. The number of hydrogen-bond donors (Lipinski definition) is 3. The highest BCUT2D eigenvalue weighted by Crippen LogP contribution is 2.18. The van der Waals surface area contributed by atoms with Gasteiger partial charge in [-0.05, 0) is 83.5 Å². The Bertz CT molecular complexity index is 1180. The molecule has 0 rings (SSSR count). The van der Waals surface area contributed by atoms with Crippen molar-refractivity contribution in [3.05, 3.63) is 36.5 Å². The standard InChI is InChI=1S/C67H127NO5/c1-3-5-7-9-11-13-15-17-19-28-31-35-39-43-47-51-55-59-65(70)64(63-69)68-66(71)60-56-52-48-44-40-36-32-29-26-24-22-21-23-25-27-30-34-38-42-46-50-54-58-62-73-67(72)61-57-53-49-45-41-37-33-20-18-16-14-12-10-8-6-4-2/h20-21,23-24,26,33,64-65,69-70H,3-19,22,25,27-32,34-63H2,1-2H3,(H,68,71)/b23-21-,26-24-,33-20-. The van der Waals surface area contributed by atoms with Gasteiger partial charge < -0.3 is 20.3 Å². The molecule has 0 aromatic carbocycles. The Morgan fingerprint density at radius 3 is 1.05 bits per heavy atom. The third-order valence-corrected chi connectivity index (χ3v) is 15.2. The van der Waals surface area contributed by atoms with Crippen molar-refractivity contribution in [3.63, 3.8) is 0 Å². The second-order valence-corrected chi connectivity index (χ2v) is 22.4. The van der Waals surface area contributed by atoms with Gasteiger partial charge in [-0.1, -0.05) is 294 Å². The summed E-state index contributed by atoms with van der Waals surface area (Å²) < 4.78 is 5.48. The maximum Gasteiger partial charge on any atom is 0.305 e. The summed E-state index contributed by atoms with van der Waals surface area (Å²) in [7, 11) is 0. The first-order valence-corrected chi connectivity index (χ1v) is 32.7. The highest BCUT2D eigenvalue weighted by atomic mass is 16.5. The Kier molecular flexibility index (Phi) is 61.0. The summed E-state index contributed by atoms with van der Waals surface area (Å²) in [6.07, 6.45) is 78.8. The molecule has 0 aromatic rings. The van der Waals surface area contributed by atoms with E-state index < -0.39 is 12.1 Å². The lowest BCUT2D eigenvalue weighted by atomic mass is 10.0. The van der Waals surface area contributed by atoms with Crippen molar-refractivity contribution in [2.24, 2.45) is 0 Å². The number of aliphatic hydroxyl groups excluding tert-OH is 2. The van der Waals surface area contributed by atoms with Crippen LogP contribution < -0.4 is 5.32 Å². The van der Waals surface area contributed by atoms with Crippen molar-refractivity contribution < 1.29 is 24.5 Å². The van der Waals surface area contributed by atoms with Gasteiger partial charge >= 0.3 is 5.97 Å². The van der Waals surface area contributed by atoms with E-state index in [-0.39, 0.29) is 18.5 Å². The van der Waals surface area contributed by atoms with Crippen LogP contribution in [0.25, 0.3) is 0 Å². The fraction of sp³-hybridized carbons (Fsp3) is 0.881. The van der Waals surface area contributed by atoms with Gasteiger partial charge in [0, 0.05) is 12.8 Å².